The summed E-state index contributed by atoms with van der Waals surface area (Å²) in [6.07, 6.45) is 0.678. The molecule has 26 heavy (non-hydrogen) atoms. The van der Waals surface area contributed by atoms with Crippen LogP contribution in [0.5, 0.6) is 0 Å². The summed E-state index contributed by atoms with van der Waals surface area (Å²) < 4.78 is 5.42. The summed E-state index contributed by atoms with van der Waals surface area (Å²) in [6.45, 7) is 8.44. The molecule has 1 spiro atoms. The number of amides is 2. The number of carbonyl (C=O) groups excluding carboxylic acids is 2. The maximum absolute atomic E-state index is 13.1. The highest BCUT2D eigenvalue weighted by atomic mass is 32.1. The summed E-state index contributed by atoms with van der Waals surface area (Å²) in [5, 5.41) is 3.64. The number of piperidine rings is 1. The fourth-order valence-corrected chi connectivity index (χ4v) is 3.67. The summed E-state index contributed by atoms with van der Waals surface area (Å²) in [5.41, 5.74) is 0.627. The van der Waals surface area contributed by atoms with Crippen LogP contribution in [0, 0.1) is 6.92 Å². The number of thiocarbonyl (C=S) groups is 1. The van der Waals surface area contributed by atoms with E-state index in [0.717, 1.165) is 11.3 Å². The topological polar surface area (TPSA) is 61.9 Å². The molecule has 0 aliphatic carbocycles. The zero-order valence-corrected chi connectivity index (χ0v) is 16.5. The van der Waals surface area contributed by atoms with Crippen molar-refractivity contribution in [2.45, 2.75) is 51.7 Å². The van der Waals surface area contributed by atoms with Gasteiger partial charge < -0.3 is 15.0 Å². The third-order valence-electron chi connectivity index (χ3n) is 4.72. The molecule has 6 nitrogen and oxygen atoms in total. The first-order valence-corrected chi connectivity index (χ1v) is 9.23. The zero-order chi connectivity index (χ0) is 19.1. The maximum atomic E-state index is 13.1. The number of hydrogen-bond donors (Lipinski definition) is 1. The highest BCUT2D eigenvalue weighted by molar-refractivity contribution is 7.80. The maximum Gasteiger partial charge on any atom is 0.410 e. The van der Waals surface area contributed by atoms with Crippen LogP contribution >= 0.6 is 12.2 Å². The van der Waals surface area contributed by atoms with Crippen molar-refractivity contribution < 1.29 is 14.3 Å². The van der Waals surface area contributed by atoms with E-state index in [1.54, 1.807) is 9.80 Å². The number of carbonyl (C=O) groups is 2. The molecule has 0 atom stereocenters. The summed E-state index contributed by atoms with van der Waals surface area (Å²) >= 11 is 5.43. The van der Waals surface area contributed by atoms with Gasteiger partial charge in [0.25, 0.3) is 5.91 Å². The molecule has 0 saturated carbocycles. The van der Waals surface area contributed by atoms with Crippen molar-refractivity contribution in [1.82, 2.24) is 10.2 Å². The van der Waals surface area contributed by atoms with Gasteiger partial charge >= 0.3 is 6.09 Å². The lowest BCUT2D eigenvalue weighted by molar-refractivity contribution is -0.123. The van der Waals surface area contributed by atoms with Gasteiger partial charge in [0.1, 0.15) is 11.1 Å². The van der Waals surface area contributed by atoms with Gasteiger partial charge in [0.2, 0.25) is 0 Å². The minimum absolute atomic E-state index is 0.0461. The molecule has 0 bridgehead atoms. The van der Waals surface area contributed by atoms with Gasteiger partial charge in [0.15, 0.2) is 5.11 Å². The monoisotopic (exact) mass is 375 g/mol. The summed E-state index contributed by atoms with van der Waals surface area (Å²) in [4.78, 5) is 28.6. The van der Waals surface area contributed by atoms with E-state index in [4.69, 9.17) is 17.0 Å². The average Bonchev–Trinajstić information content (AvgIpc) is 2.78. The van der Waals surface area contributed by atoms with E-state index < -0.39 is 11.1 Å². The Labute approximate surface area is 159 Å². The number of likely N-dealkylation sites (tertiary alicyclic amines) is 1. The summed E-state index contributed by atoms with van der Waals surface area (Å²) in [6, 6.07) is 7.72. The lowest BCUT2D eigenvalue weighted by atomic mass is 9.87. The fraction of sp³-hybridized carbons (Fsp3) is 0.526. The molecule has 140 valence electrons. The molecule has 0 aromatic heterocycles. The van der Waals surface area contributed by atoms with E-state index >= 15 is 0 Å². The molecular formula is C19H25N3O3S. The number of ether oxygens (including phenoxy) is 1. The lowest BCUT2D eigenvalue weighted by Gasteiger charge is -2.38. The standard InChI is InChI=1S/C19H25N3O3S/c1-13-5-7-14(8-6-13)22-15(23)19(20-16(22)26)9-11-21(12-10-19)17(24)25-18(2,3)4/h5-8H,9-12H2,1-4H3,(H,20,26). The van der Waals surface area contributed by atoms with Gasteiger partial charge in [-0.1, -0.05) is 17.7 Å². The van der Waals surface area contributed by atoms with Crippen LogP contribution in [0.4, 0.5) is 10.5 Å². The highest BCUT2D eigenvalue weighted by Gasteiger charge is 2.51. The number of aryl methyl sites for hydroxylation is 1. The molecule has 0 radical (unpaired) electrons. The molecule has 3 rings (SSSR count). The van der Waals surface area contributed by atoms with Crippen LogP contribution in [-0.4, -0.2) is 46.2 Å². The fourth-order valence-electron chi connectivity index (χ4n) is 3.29. The number of benzene rings is 1. The first-order valence-electron chi connectivity index (χ1n) is 8.83. The van der Waals surface area contributed by atoms with E-state index in [0.29, 0.717) is 31.0 Å². The minimum Gasteiger partial charge on any atom is -0.444 e. The minimum atomic E-state index is -0.736. The van der Waals surface area contributed by atoms with Gasteiger partial charge in [0, 0.05) is 13.1 Å². The van der Waals surface area contributed by atoms with E-state index in [2.05, 4.69) is 5.32 Å². The molecule has 2 aliphatic heterocycles. The Morgan fingerprint density at radius 2 is 1.77 bits per heavy atom. The van der Waals surface area contributed by atoms with Crippen molar-refractivity contribution in [3.8, 4) is 0 Å². The molecule has 1 aromatic rings. The Hall–Kier alpha value is -2.15. The van der Waals surface area contributed by atoms with Gasteiger partial charge in [-0.2, -0.15) is 0 Å². The zero-order valence-electron chi connectivity index (χ0n) is 15.7. The number of hydrogen-bond acceptors (Lipinski definition) is 4. The molecule has 2 heterocycles. The van der Waals surface area contributed by atoms with Gasteiger partial charge in [-0.3, -0.25) is 9.69 Å². The summed E-state index contributed by atoms with van der Waals surface area (Å²) in [7, 11) is 0. The van der Waals surface area contributed by atoms with Crippen molar-refractivity contribution in [2.75, 3.05) is 18.0 Å². The number of rotatable bonds is 1. The van der Waals surface area contributed by atoms with Crippen molar-refractivity contribution in [3.05, 3.63) is 29.8 Å². The Kier molecular flexibility index (Phi) is 4.69. The first-order chi connectivity index (χ1) is 12.1. The van der Waals surface area contributed by atoms with Crippen LogP contribution in [0.2, 0.25) is 0 Å². The second kappa shape index (κ2) is 6.54. The Balaban J connectivity index is 1.71. The molecule has 2 aliphatic rings. The molecule has 2 fully saturated rings. The molecular weight excluding hydrogens is 350 g/mol. The van der Waals surface area contributed by atoms with Crippen molar-refractivity contribution in [2.24, 2.45) is 0 Å². The molecule has 2 amide bonds. The molecule has 0 unspecified atom stereocenters. The van der Waals surface area contributed by atoms with Crippen molar-refractivity contribution >= 4 is 35.0 Å². The smallest absolute Gasteiger partial charge is 0.410 e. The van der Waals surface area contributed by atoms with E-state index in [1.807, 2.05) is 52.0 Å². The van der Waals surface area contributed by atoms with E-state index in [1.165, 1.54) is 0 Å². The quantitative estimate of drug-likeness (QED) is 0.765. The second-order valence-corrected chi connectivity index (χ2v) is 8.34. The van der Waals surface area contributed by atoms with Crippen molar-refractivity contribution in [1.29, 1.82) is 0 Å². The van der Waals surface area contributed by atoms with Crippen molar-refractivity contribution in [3.63, 3.8) is 0 Å². The first kappa shape index (κ1) is 18.6. The van der Waals surface area contributed by atoms with Crippen LogP contribution in [-0.2, 0) is 9.53 Å². The summed E-state index contributed by atoms with van der Waals surface area (Å²) in [5.74, 6) is -0.0461. The largest absolute Gasteiger partial charge is 0.444 e. The Morgan fingerprint density at radius 1 is 1.19 bits per heavy atom. The van der Waals surface area contributed by atoms with Crippen LogP contribution in [0.3, 0.4) is 0 Å². The number of nitrogens with one attached hydrogen (secondary N) is 1. The number of nitrogens with zero attached hydrogens (tertiary/aromatic N) is 2. The third-order valence-corrected chi connectivity index (χ3v) is 5.01. The van der Waals surface area contributed by atoms with E-state index in [9.17, 15) is 9.59 Å². The SMILES string of the molecule is Cc1ccc(N2C(=O)C3(CCN(C(=O)OC(C)(C)C)CC3)NC2=S)cc1. The van der Waals surface area contributed by atoms with Gasteiger partial charge in [0.05, 0.1) is 5.69 Å². The van der Waals surface area contributed by atoms with Gasteiger partial charge in [-0.25, -0.2) is 4.79 Å². The predicted molar refractivity (Wildman–Crippen MR) is 104 cm³/mol. The third kappa shape index (κ3) is 3.53. The van der Waals surface area contributed by atoms with E-state index in [-0.39, 0.29) is 12.0 Å². The Bertz CT molecular complexity index is 731. The Morgan fingerprint density at radius 3 is 2.31 bits per heavy atom. The number of anilines is 1. The lowest BCUT2D eigenvalue weighted by Crippen LogP contribution is -2.56. The molecule has 1 aromatic carbocycles. The van der Waals surface area contributed by atoms with Crippen LogP contribution in [0.1, 0.15) is 39.2 Å². The second-order valence-electron chi connectivity index (χ2n) is 7.96. The molecule has 7 heteroatoms. The van der Waals surface area contributed by atoms with Crippen LogP contribution in [0.25, 0.3) is 0 Å². The average molecular weight is 375 g/mol. The molecule has 2 saturated heterocycles. The highest BCUT2D eigenvalue weighted by Crippen LogP contribution is 2.33. The van der Waals surface area contributed by atoms with Gasteiger partial charge in [-0.15, -0.1) is 0 Å². The van der Waals surface area contributed by atoms with Crippen LogP contribution in [0.15, 0.2) is 24.3 Å². The predicted octanol–water partition coefficient (Wildman–Crippen LogP) is 2.99. The normalized spacial score (nSPS) is 19.7. The molecule has 1 N–H and O–H groups in total. The van der Waals surface area contributed by atoms with Crippen LogP contribution < -0.4 is 10.2 Å². The van der Waals surface area contributed by atoms with Gasteiger partial charge in [-0.05, 0) is 64.9 Å².